The van der Waals surface area contributed by atoms with Crippen molar-refractivity contribution in [3.05, 3.63) is 53.6 Å². The molecule has 0 N–H and O–H groups in total. The highest BCUT2D eigenvalue weighted by Crippen LogP contribution is 2.27. The summed E-state index contributed by atoms with van der Waals surface area (Å²) in [7, 11) is 1.81. The van der Waals surface area contributed by atoms with E-state index >= 15 is 0 Å². The van der Waals surface area contributed by atoms with Crippen LogP contribution in [0.2, 0.25) is 0 Å². The Morgan fingerprint density at radius 2 is 2.04 bits per heavy atom. The minimum atomic E-state index is -0.151. The highest BCUT2D eigenvalue weighted by Gasteiger charge is 2.28. The van der Waals surface area contributed by atoms with Crippen LogP contribution in [0.4, 0.5) is 0 Å². The van der Waals surface area contributed by atoms with E-state index in [0.717, 1.165) is 16.9 Å². The molecule has 3 aromatic rings. The van der Waals surface area contributed by atoms with Crippen molar-refractivity contribution >= 4 is 16.9 Å². The van der Waals surface area contributed by atoms with Crippen molar-refractivity contribution in [2.75, 3.05) is 13.7 Å². The fourth-order valence-electron chi connectivity index (χ4n) is 3.08. The van der Waals surface area contributed by atoms with Crippen LogP contribution in [0.3, 0.4) is 0 Å². The van der Waals surface area contributed by atoms with E-state index in [0.29, 0.717) is 30.6 Å². The van der Waals surface area contributed by atoms with Gasteiger partial charge < -0.3 is 9.64 Å². The summed E-state index contributed by atoms with van der Waals surface area (Å²) in [6, 6.07) is 13.5. The number of carbonyl (C=O) groups is 1. The molecule has 0 saturated heterocycles. The van der Waals surface area contributed by atoms with Crippen LogP contribution in [0.5, 0.6) is 5.75 Å². The molecule has 4 rings (SSSR count). The highest BCUT2D eigenvalue weighted by molar-refractivity contribution is 5.80. The molecule has 0 saturated carbocycles. The normalized spacial score (nSPS) is 16.5. The number of aromatic nitrogens is 2. The number of hydrogen-bond donors (Lipinski definition) is 0. The number of fused-ring (bicyclic) bond motifs is 2. The molecule has 0 spiro atoms. The number of carbonyl (C=O) groups excluding carboxylic acids is 1. The third-order valence-corrected chi connectivity index (χ3v) is 4.34. The number of para-hydroxylation sites is 1. The van der Waals surface area contributed by atoms with Gasteiger partial charge in [-0.25, -0.2) is 4.63 Å². The molecule has 0 radical (unpaired) electrons. The lowest BCUT2D eigenvalue weighted by molar-refractivity contribution is -0.136. The Bertz CT molecular complexity index is 890. The molecule has 1 atom stereocenters. The van der Waals surface area contributed by atoms with Crippen molar-refractivity contribution in [1.82, 2.24) is 15.2 Å². The van der Waals surface area contributed by atoms with E-state index in [1.807, 2.05) is 49.5 Å². The summed E-state index contributed by atoms with van der Waals surface area (Å²) < 4.78 is 10.4. The molecular weight excluding hydrogens is 306 g/mol. The average Bonchev–Trinajstić information content (AvgIpc) is 3.08. The average molecular weight is 323 g/mol. The van der Waals surface area contributed by atoms with Crippen LogP contribution in [0, 0.1) is 5.92 Å². The van der Waals surface area contributed by atoms with E-state index in [1.54, 1.807) is 4.90 Å². The quantitative estimate of drug-likeness (QED) is 0.740. The maximum atomic E-state index is 12.7. The summed E-state index contributed by atoms with van der Waals surface area (Å²) in [5.74, 6) is 0.818. The Morgan fingerprint density at radius 3 is 2.96 bits per heavy atom. The number of hydrogen-bond acceptors (Lipinski definition) is 5. The summed E-state index contributed by atoms with van der Waals surface area (Å²) in [5, 5.41) is 7.62. The van der Waals surface area contributed by atoms with Crippen LogP contribution in [-0.4, -0.2) is 34.8 Å². The molecule has 1 amide bonds. The number of nitrogens with zero attached hydrogens (tertiary/aromatic N) is 3. The summed E-state index contributed by atoms with van der Waals surface area (Å²) in [5.41, 5.74) is 3.49. The van der Waals surface area contributed by atoms with Crippen molar-refractivity contribution < 1.29 is 14.2 Å². The molecule has 2 heterocycles. The minimum Gasteiger partial charge on any atom is -0.492 e. The summed E-state index contributed by atoms with van der Waals surface area (Å²) >= 11 is 0. The lowest BCUT2D eigenvalue weighted by Crippen LogP contribution is -2.38. The zero-order valence-electron chi connectivity index (χ0n) is 13.3. The molecule has 1 aliphatic rings. The van der Waals surface area contributed by atoms with Gasteiger partial charge in [0.05, 0.1) is 5.92 Å². The fourth-order valence-corrected chi connectivity index (χ4v) is 3.08. The van der Waals surface area contributed by atoms with Crippen LogP contribution in [0.15, 0.2) is 47.1 Å². The monoisotopic (exact) mass is 323 g/mol. The fraction of sp³-hybridized carbons (Fsp3) is 0.278. The zero-order chi connectivity index (χ0) is 16.5. The molecule has 6 heteroatoms. The van der Waals surface area contributed by atoms with Crippen LogP contribution in [0.1, 0.15) is 11.1 Å². The Kier molecular flexibility index (Phi) is 3.65. The zero-order valence-corrected chi connectivity index (χ0v) is 13.3. The summed E-state index contributed by atoms with van der Waals surface area (Å²) in [4.78, 5) is 14.5. The number of benzene rings is 2. The van der Waals surface area contributed by atoms with Crippen molar-refractivity contribution in [2.45, 2.75) is 13.0 Å². The molecule has 0 unspecified atom stereocenters. The van der Waals surface area contributed by atoms with Gasteiger partial charge in [-0.15, -0.1) is 0 Å². The molecule has 2 aromatic carbocycles. The first-order valence-corrected chi connectivity index (χ1v) is 7.87. The molecule has 6 nitrogen and oxygen atoms in total. The topological polar surface area (TPSA) is 68.5 Å². The SMILES string of the molecule is CN(Cc1ccc2nonc2c1)C(=O)[C@H]1COc2ccccc2C1. The van der Waals surface area contributed by atoms with Gasteiger partial charge in [-0.3, -0.25) is 4.79 Å². The number of rotatable bonds is 3. The van der Waals surface area contributed by atoms with Crippen LogP contribution in [0.25, 0.3) is 11.0 Å². The van der Waals surface area contributed by atoms with Crippen molar-refractivity contribution in [1.29, 1.82) is 0 Å². The van der Waals surface area contributed by atoms with Gasteiger partial charge in [0.2, 0.25) is 5.91 Å². The molecular formula is C18H17N3O3. The maximum Gasteiger partial charge on any atom is 0.229 e. The second-order valence-corrected chi connectivity index (χ2v) is 6.10. The van der Waals surface area contributed by atoms with Gasteiger partial charge >= 0.3 is 0 Å². The third kappa shape index (κ3) is 2.71. The van der Waals surface area contributed by atoms with Gasteiger partial charge in [0.25, 0.3) is 0 Å². The van der Waals surface area contributed by atoms with Crippen molar-refractivity contribution in [3.63, 3.8) is 0 Å². The third-order valence-electron chi connectivity index (χ3n) is 4.34. The van der Waals surface area contributed by atoms with E-state index in [4.69, 9.17) is 9.37 Å². The van der Waals surface area contributed by atoms with Crippen molar-refractivity contribution in [2.24, 2.45) is 5.92 Å². The molecule has 1 aromatic heterocycles. The van der Waals surface area contributed by atoms with Crippen molar-refractivity contribution in [3.8, 4) is 5.75 Å². The van der Waals surface area contributed by atoms with Gasteiger partial charge in [-0.05, 0) is 46.1 Å². The Hall–Kier alpha value is -2.89. The first kappa shape index (κ1) is 14.7. The van der Waals surface area contributed by atoms with Crippen LogP contribution >= 0.6 is 0 Å². The van der Waals surface area contributed by atoms with Gasteiger partial charge in [0, 0.05) is 13.6 Å². The predicted octanol–water partition coefficient (Wildman–Crippen LogP) is 2.43. The molecule has 0 fully saturated rings. The smallest absolute Gasteiger partial charge is 0.229 e. The first-order valence-electron chi connectivity index (χ1n) is 7.87. The van der Waals surface area contributed by atoms with E-state index in [-0.39, 0.29) is 11.8 Å². The number of amides is 1. The molecule has 0 bridgehead atoms. The summed E-state index contributed by atoms with van der Waals surface area (Å²) in [6.07, 6.45) is 0.714. The highest BCUT2D eigenvalue weighted by atomic mass is 16.6. The second-order valence-electron chi connectivity index (χ2n) is 6.10. The Labute approximate surface area is 139 Å². The second kappa shape index (κ2) is 5.96. The van der Waals surface area contributed by atoms with E-state index in [1.165, 1.54) is 0 Å². The molecule has 24 heavy (non-hydrogen) atoms. The van der Waals surface area contributed by atoms with Crippen LogP contribution < -0.4 is 4.74 Å². The molecule has 122 valence electrons. The van der Waals surface area contributed by atoms with Crippen LogP contribution in [-0.2, 0) is 17.8 Å². The minimum absolute atomic E-state index is 0.0860. The van der Waals surface area contributed by atoms with E-state index in [2.05, 4.69) is 10.3 Å². The summed E-state index contributed by atoms with van der Waals surface area (Å²) in [6.45, 7) is 0.937. The molecule has 0 aliphatic carbocycles. The lowest BCUT2D eigenvalue weighted by Gasteiger charge is -2.28. The van der Waals surface area contributed by atoms with Gasteiger partial charge in [0.15, 0.2) is 0 Å². The van der Waals surface area contributed by atoms with Gasteiger partial charge in [-0.1, -0.05) is 24.3 Å². The number of ether oxygens (including phenoxy) is 1. The Balaban J connectivity index is 1.46. The van der Waals surface area contributed by atoms with Gasteiger partial charge in [0.1, 0.15) is 23.4 Å². The maximum absolute atomic E-state index is 12.7. The predicted molar refractivity (Wildman–Crippen MR) is 87.4 cm³/mol. The van der Waals surface area contributed by atoms with E-state index in [9.17, 15) is 4.79 Å². The standard InChI is InChI=1S/C18H17N3O3/c1-21(10-12-6-7-15-16(8-12)20-24-19-15)18(22)14-9-13-4-2-3-5-17(13)23-11-14/h2-8,14H,9-11H2,1H3/t14-/m1/s1. The first-order chi connectivity index (χ1) is 11.7. The van der Waals surface area contributed by atoms with E-state index < -0.39 is 0 Å². The van der Waals surface area contributed by atoms with Gasteiger partial charge in [-0.2, -0.15) is 0 Å². The lowest BCUT2D eigenvalue weighted by atomic mass is 9.95. The molecule has 1 aliphatic heterocycles. The largest absolute Gasteiger partial charge is 0.492 e. The Morgan fingerprint density at radius 1 is 1.21 bits per heavy atom.